The first-order chi connectivity index (χ1) is 12.3. The number of nitrogens with one attached hydrogen (secondary N) is 1. The van der Waals surface area contributed by atoms with Gasteiger partial charge in [-0.25, -0.2) is 0 Å². The molecule has 1 N–H and O–H groups in total. The molecule has 1 heterocycles. The number of halogens is 1. The highest BCUT2D eigenvalue weighted by Crippen LogP contribution is 2.32. The first kappa shape index (κ1) is 21.1. The molecular weight excluding hydrogens is 414 g/mol. The first-order valence-electron chi connectivity index (χ1n) is 8.82. The van der Waals surface area contributed by atoms with Gasteiger partial charge in [0.05, 0.1) is 13.0 Å². The van der Waals surface area contributed by atoms with Crippen molar-refractivity contribution in [3.05, 3.63) is 28.7 Å². The number of esters is 1. The lowest BCUT2D eigenvalue weighted by Gasteiger charge is -2.34. The predicted molar refractivity (Wildman–Crippen MR) is 112 cm³/mol. The molecule has 1 aromatic carbocycles. The zero-order valence-corrected chi connectivity index (χ0v) is 18.3. The van der Waals surface area contributed by atoms with Crippen LogP contribution in [0.2, 0.25) is 0 Å². The second-order valence-corrected chi connectivity index (χ2v) is 9.70. The zero-order valence-electron chi connectivity index (χ0n) is 15.9. The predicted octanol–water partition coefficient (Wildman–Crippen LogP) is 3.78. The average Bonchev–Trinajstić information content (AvgIpc) is 2.63. The third kappa shape index (κ3) is 6.20. The van der Waals surface area contributed by atoms with E-state index in [0.29, 0.717) is 0 Å². The molecule has 0 spiro atoms. The molecule has 0 aromatic heterocycles. The highest BCUT2D eigenvalue weighted by molar-refractivity contribution is 9.10. The Balaban J connectivity index is 1.86. The van der Waals surface area contributed by atoms with E-state index in [1.165, 1.54) is 12.0 Å². The van der Waals surface area contributed by atoms with Crippen molar-refractivity contribution in [3.8, 4) is 0 Å². The van der Waals surface area contributed by atoms with Gasteiger partial charge in [0.2, 0.25) is 0 Å². The lowest BCUT2D eigenvalue weighted by molar-refractivity contribution is -0.146. The molecule has 26 heavy (non-hydrogen) atoms. The minimum absolute atomic E-state index is 0.0127. The quantitative estimate of drug-likeness (QED) is 0.326. The maximum absolute atomic E-state index is 11.7. The van der Waals surface area contributed by atoms with E-state index in [1.54, 1.807) is 0 Å². The van der Waals surface area contributed by atoms with E-state index in [9.17, 15) is 4.79 Å². The van der Waals surface area contributed by atoms with Crippen molar-refractivity contribution < 1.29 is 9.53 Å². The number of guanidine groups is 1. The Kier molecular flexibility index (Phi) is 7.83. The number of hydrogen-bond donors (Lipinski definition) is 1. The average molecular weight is 442 g/mol. The van der Waals surface area contributed by atoms with E-state index >= 15 is 0 Å². The fraction of sp³-hybridized carbons (Fsp3) is 0.579. The van der Waals surface area contributed by atoms with E-state index in [-0.39, 0.29) is 16.6 Å². The van der Waals surface area contributed by atoms with Crippen LogP contribution in [0.1, 0.15) is 26.7 Å². The van der Waals surface area contributed by atoms with Crippen molar-refractivity contribution in [1.29, 1.82) is 0 Å². The van der Waals surface area contributed by atoms with Crippen LogP contribution >= 0.6 is 27.7 Å². The number of aliphatic imine (C=N–C) groups is 1. The number of hydrogen-bond acceptors (Lipinski definition) is 4. The summed E-state index contributed by atoms with van der Waals surface area (Å²) < 4.78 is 5.97. The molecule has 5 nitrogen and oxygen atoms in total. The molecule has 144 valence electrons. The molecule has 0 amide bonds. The molecule has 0 unspecified atom stereocenters. The van der Waals surface area contributed by atoms with Gasteiger partial charge < -0.3 is 15.0 Å². The Bertz CT molecular complexity index is 626. The summed E-state index contributed by atoms with van der Waals surface area (Å²) in [6, 6.07) is 8.39. The van der Waals surface area contributed by atoms with Crippen molar-refractivity contribution in [1.82, 2.24) is 10.2 Å². The third-order valence-electron chi connectivity index (χ3n) is 4.42. The molecule has 7 heteroatoms. The van der Waals surface area contributed by atoms with E-state index in [2.05, 4.69) is 69.3 Å². The minimum atomic E-state index is -0.0976. The summed E-state index contributed by atoms with van der Waals surface area (Å²) in [7, 11) is 3.27. The second-order valence-electron chi connectivity index (χ2n) is 7.00. The van der Waals surface area contributed by atoms with Crippen LogP contribution < -0.4 is 5.32 Å². The number of carbonyl (C=O) groups is 1. The van der Waals surface area contributed by atoms with Crippen LogP contribution in [0.3, 0.4) is 0 Å². The number of carbonyl (C=O) groups excluding carboxylic acids is 1. The molecule has 0 radical (unpaired) electrons. The normalized spacial score (nSPS) is 16.5. The monoisotopic (exact) mass is 441 g/mol. The van der Waals surface area contributed by atoms with Crippen LogP contribution in [0, 0.1) is 5.92 Å². The standard InChI is InChI=1S/C19H28BrN3O2S/c1-19(2,26-16-7-5-15(20)6-8-16)13-22-18(21-3)23-11-9-14(10-12-23)17(24)25-4/h5-8,14H,9-13H2,1-4H3,(H,21,22). The Morgan fingerprint density at radius 3 is 2.50 bits per heavy atom. The van der Waals surface area contributed by atoms with Gasteiger partial charge in [0.1, 0.15) is 0 Å². The second kappa shape index (κ2) is 9.65. The molecular formula is C19H28BrN3O2S. The minimum Gasteiger partial charge on any atom is -0.469 e. The molecule has 0 bridgehead atoms. The fourth-order valence-corrected chi connectivity index (χ4v) is 4.29. The van der Waals surface area contributed by atoms with Crippen LogP contribution in [-0.2, 0) is 9.53 Å². The molecule has 1 aliphatic heterocycles. The van der Waals surface area contributed by atoms with Crippen molar-refractivity contribution in [3.63, 3.8) is 0 Å². The zero-order chi connectivity index (χ0) is 19.2. The van der Waals surface area contributed by atoms with Crippen LogP contribution in [0.4, 0.5) is 0 Å². The lowest BCUT2D eigenvalue weighted by Crippen LogP contribution is -2.49. The van der Waals surface area contributed by atoms with Crippen molar-refractivity contribution >= 4 is 39.6 Å². The van der Waals surface area contributed by atoms with Gasteiger partial charge >= 0.3 is 5.97 Å². The Hall–Kier alpha value is -1.21. The summed E-state index contributed by atoms with van der Waals surface area (Å²) in [5.74, 6) is 0.816. The number of methoxy groups -OCH3 is 1. The number of rotatable bonds is 5. The maximum Gasteiger partial charge on any atom is 0.308 e. The van der Waals surface area contributed by atoms with Crippen LogP contribution in [0.25, 0.3) is 0 Å². The van der Waals surface area contributed by atoms with Gasteiger partial charge in [-0.2, -0.15) is 0 Å². The van der Waals surface area contributed by atoms with Crippen LogP contribution in [0.15, 0.2) is 38.6 Å². The number of piperidine rings is 1. The molecule has 1 saturated heterocycles. The summed E-state index contributed by atoms with van der Waals surface area (Å²) in [5, 5.41) is 3.50. The van der Waals surface area contributed by atoms with Gasteiger partial charge in [-0.1, -0.05) is 15.9 Å². The van der Waals surface area contributed by atoms with Gasteiger partial charge in [-0.15, -0.1) is 11.8 Å². The smallest absolute Gasteiger partial charge is 0.308 e. The first-order valence-corrected chi connectivity index (χ1v) is 10.4. The summed E-state index contributed by atoms with van der Waals surface area (Å²) in [6.45, 7) is 6.89. The van der Waals surface area contributed by atoms with Gasteiger partial charge in [0.15, 0.2) is 5.96 Å². The van der Waals surface area contributed by atoms with E-state index < -0.39 is 0 Å². The molecule has 0 saturated carbocycles. The van der Waals surface area contributed by atoms with Crippen molar-refractivity contribution in [2.75, 3.05) is 33.8 Å². The third-order valence-corrected chi connectivity index (χ3v) is 6.15. The SMILES string of the molecule is CN=C(NCC(C)(C)Sc1ccc(Br)cc1)N1CCC(C(=O)OC)CC1. The largest absolute Gasteiger partial charge is 0.469 e. The fourth-order valence-electron chi connectivity index (χ4n) is 2.98. The number of nitrogens with zero attached hydrogens (tertiary/aromatic N) is 2. The topological polar surface area (TPSA) is 53.9 Å². The Labute approximate surface area is 169 Å². The number of ether oxygens (including phenoxy) is 1. The molecule has 1 aliphatic rings. The highest BCUT2D eigenvalue weighted by Gasteiger charge is 2.28. The maximum atomic E-state index is 11.7. The van der Waals surface area contributed by atoms with E-state index in [4.69, 9.17) is 4.74 Å². The summed E-state index contributed by atoms with van der Waals surface area (Å²) in [5.41, 5.74) is 0. The summed E-state index contributed by atoms with van der Waals surface area (Å²) in [4.78, 5) is 19.6. The van der Waals surface area contributed by atoms with E-state index in [0.717, 1.165) is 42.9 Å². The van der Waals surface area contributed by atoms with Crippen molar-refractivity contribution in [2.24, 2.45) is 10.9 Å². The van der Waals surface area contributed by atoms with Gasteiger partial charge in [0, 0.05) is 40.8 Å². The lowest BCUT2D eigenvalue weighted by atomic mass is 9.97. The van der Waals surface area contributed by atoms with Crippen LogP contribution in [-0.4, -0.2) is 55.4 Å². The molecule has 0 atom stereocenters. The molecule has 2 rings (SSSR count). The van der Waals surface area contributed by atoms with Gasteiger partial charge in [0.25, 0.3) is 0 Å². The molecule has 1 fully saturated rings. The van der Waals surface area contributed by atoms with E-state index in [1.807, 2.05) is 18.8 Å². The Morgan fingerprint density at radius 1 is 1.35 bits per heavy atom. The highest BCUT2D eigenvalue weighted by atomic mass is 79.9. The summed E-state index contributed by atoms with van der Waals surface area (Å²) >= 11 is 5.32. The van der Waals surface area contributed by atoms with Crippen molar-refractivity contribution in [2.45, 2.75) is 36.3 Å². The summed E-state index contributed by atoms with van der Waals surface area (Å²) in [6.07, 6.45) is 1.62. The molecule has 1 aromatic rings. The Morgan fingerprint density at radius 2 is 1.96 bits per heavy atom. The number of benzene rings is 1. The van der Waals surface area contributed by atoms with Crippen LogP contribution in [0.5, 0.6) is 0 Å². The molecule has 0 aliphatic carbocycles. The van der Waals surface area contributed by atoms with Gasteiger partial charge in [-0.3, -0.25) is 9.79 Å². The van der Waals surface area contributed by atoms with Gasteiger partial charge in [-0.05, 0) is 51.0 Å². The number of likely N-dealkylation sites (tertiary alicyclic amines) is 1. The number of thioether (sulfide) groups is 1.